The molecule has 1 aliphatic carbocycles. The Labute approximate surface area is 167 Å². The molecule has 1 aliphatic heterocycles. The summed E-state index contributed by atoms with van der Waals surface area (Å²) in [6, 6.07) is 7.81. The fourth-order valence-corrected chi connectivity index (χ4v) is 5.44. The van der Waals surface area contributed by atoms with E-state index in [1.54, 1.807) is 0 Å². The maximum absolute atomic E-state index is 6.18. The molecule has 3 aromatic rings. The standard InChI is InChI=1S/C20H21ClN4OS/c21-13-3-1-4-14(11-13)22-19-18-15-5-2-6-16(15)27-20(18)24-17(23-19)12-25-7-9-26-10-8-25/h1,3-4,11H,2,5-10,12H2,(H,22,23,24)/p+1. The third-order valence-electron chi connectivity index (χ3n) is 5.31. The van der Waals surface area contributed by atoms with E-state index in [9.17, 15) is 0 Å². The zero-order chi connectivity index (χ0) is 18.2. The molecule has 0 spiro atoms. The molecule has 5 rings (SSSR count). The van der Waals surface area contributed by atoms with Crippen LogP contribution in [0, 0.1) is 0 Å². The van der Waals surface area contributed by atoms with Crippen LogP contribution in [-0.4, -0.2) is 36.3 Å². The number of morpholine rings is 1. The predicted octanol–water partition coefficient (Wildman–Crippen LogP) is 2.99. The molecule has 0 atom stereocenters. The number of ether oxygens (including phenoxy) is 1. The van der Waals surface area contributed by atoms with Crippen LogP contribution < -0.4 is 10.2 Å². The third-order valence-corrected chi connectivity index (χ3v) is 6.73. The molecule has 0 unspecified atom stereocenters. The van der Waals surface area contributed by atoms with Crippen molar-refractivity contribution in [3.8, 4) is 0 Å². The van der Waals surface area contributed by atoms with Crippen molar-refractivity contribution in [2.45, 2.75) is 25.8 Å². The van der Waals surface area contributed by atoms with Crippen LogP contribution in [0.1, 0.15) is 22.7 Å². The number of fused-ring (bicyclic) bond motifs is 3. The van der Waals surface area contributed by atoms with Crippen LogP contribution in [0.5, 0.6) is 0 Å². The minimum absolute atomic E-state index is 0.721. The highest BCUT2D eigenvalue weighted by atomic mass is 35.5. The van der Waals surface area contributed by atoms with Gasteiger partial charge in [-0.2, -0.15) is 0 Å². The number of hydrogen-bond acceptors (Lipinski definition) is 5. The molecular weight excluding hydrogens is 380 g/mol. The normalized spacial score (nSPS) is 17.4. The largest absolute Gasteiger partial charge is 0.370 e. The number of nitrogens with zero attached hydrogens (tertiary/aromatic N) is 2. The van der Waals surface area contributed by atoms with Gasteiger partial charge in [-0.25, -0.2) is 9.97 Å². The summed E-state index contributed by atoms with van der Waals surface area (Å²) in [6.07, 6.45) is 3.52. The lowest BCUT2D eigenvalue weighted by molar-refractivity contribution is -0.922. The molecular formula is C20H22ClN4OS+. The van der Waals surface area contributed by atoms with E-state index >= 15 is 0 Å². The summed E-state index contributed by atoms with van der Waals surface area (Å²) in [5.41, 5.74) is 2.40. The van der Waals surface area contributed by atoms with Crippen LogP contribution in [0.2, 0.25) is 5.02 Å². The molecule has 2 aromatic heterocycles. The molecule has 1 saturated heterocycles. The number of benzene rings is 1. The molecule has 1 fully saturated rings. The van der Waals surface area contributed by atoms with Crippen LogP contribution in [0.15, 0.2) is 24.3 Å². The minimum Gasteiger partial charge on any atom is -0.370 e. The Hall–Kier alpha value is -1.73. The maximum Gasteiger partial charge on any atom is 0.187 e. The highest BCUT2D eigenvalue weighted by Gasteiger charge is 2.24. The second-order valence-electron chi connectivity index (χ2n) is 7.20. The monoisotopic (exact) mass is 401 g/mol. The lowest BCUT2D eigenvalue weighted by Crippen LogP contribution is -3.12. The van der Waals surface area contributed by atoms with Crippen molar-refractivity contribution in [1.29, 1.82) is 0 Å². The van der Waals surface area contributed by atoms with E-state index in [4.69, 9.17) is 26.3 Å². The number of anilines is 2. The molecule has 2 aliphatic rings. The summed E-state index contributed by atoms with van der Waals surface area (Å²) in [5.74, 6) is 1.83. The molecule has 0 saturated carbocycles. The summed E-state index contributed by atoms with van der Waals surface area (Å²) in [7, 11) is 0. The molecule has 7 heteroatoms. The van der Waals surface area contributed by atoms with Gasteiger partial charge in [0.15, 0.2) is 5.82 Å². The van der Waals surface area contributed by atoms with Gasteiger partial charge in [-0.15, -0.1) is 11.3 Å². The zero-order valence-corrected chi connectivity index (χ0v) is 16.6. The number of aryl methyl sites for hydroxylation is 2. The Morgan fingerprint density at radius 1 is 1.19 bits per heavy atom. The third kappa shape index (κ3) is 3.55. The molecule has 5 nitrogen and oxygen atoms in total. The van der Waals surface area contributed by atoms with Gasteiger partial charge in [0, 0.05) is 15.6 Å². The predicted molar refractivity (Wildman–Crippen MR) is 109 cm³/mol. The number of halogens is 1. The Morgan fingerprint density at radius 2 is 2.07 bits per heavy atom. The van der Waals surface area contributed by atoms with Gasteiger partial charge in [0.25, 0.3) is 0 Å². The van der Waals surface area contributed by atoms with E-state index in [2.05, 4.69) is 5.32 Å². The van der Waals surface area contributed by atoms with Crippen molar-refractivity contribution in [3.05, 3.63) is 45.6 Å². The Morgan fingerprint density at radius 3 is 2.93 bits per heavy atom. The van der Waals surface area contributed by atoms with Crippen LogP contribution in [0.25, 0.3) is 10.2 Å². The Bertz CT molecular complexity index is 984. The quantitative estimate of drug-likeness (QED) is 0.705. The number of quaternary nitrogens is 1. The van der Waals surface area contributed by atoms with Gasteiger partial charge in [0.2, 0.25) is 0 Å². The van der Waals surface area contributed by atoms with Crippen molar-refractivity contribution in [2.24, 2.45) is 0 Å². The first-order valence-electron chi connectivity index (χ1n) is 9.51. The summed E-state index contributed by atoms with van der Waals surface area (Å²) in [6.45, 7) is 4.50. The molecule has 140 valence electrons. The number of aromatic nitrogens is 2. The van der Waals surface area contributed by atoms with Crippen LogP contribution in [0.3, 0.4) is 0 Å². The van der Waals surface area contributed by atoms with Gasteiger partial charge in [-0.05, 0) is 43.0 Å². The fraction of sp³-hybridized carbons (Fsp3) is 0.400. The van der Waals surface area contributed by atoms with Crippen molar-refractivity contribution >= 4 is 44.7 Å². The Balaban J connectivity index is 1.55. The molecule has 0 bridgehead atoms. The highest BCUT2D eigenvalue weighted by molar-refractivity contribution is 7.19. The number of thiophene rings is 1. The van der Waals surface area contributed by atoms with Crippen LogP contribution >= 0.6 is 22.9 Å². The van der Waals surface area contributed by atoms with Crippen LogP contribution in [0.4, 0.5) is 11.5 Å². The first-order valence-corrected chi connectivity index (χ1v) is 10.7. The lowest BCUT2D eigenvalue weighted by Gasteiger charge is -2.23. The van der Waals surface area contributed by atoms with Gasteiger partial charge in [0.05, 0.1) is 18.6 Å². The van der Waals surface area contributed by atoms with Crippen molar-refractivity contribution in [3.63, 3.8) is 0 Å². The summed E-state index contributed by atoms with van der Waals surface area (Å²) < 4.78 is 5.48. The van der Waals surface area contributed by atoms with E-state index < -0.39 is 0 Å². The zero-order valence-electron chi connectivity index (χ0n) is 15.1. The van der Waals surface area contributed by atoms with Crippen molar-refractivity contribution in [1.82, 2.24) is 9.97 Å². The molecule has 27 heavy (non-hydrogen) atoms. The van der Waals surface area contributed by atoms with E-state index in [1.165, 1.54) is 27.1 Å². The second kappa shape index (κ2) is 7.36. The summed E-state index contributed by atoms with van der Waals surface area (Å²) >= 11 is 8.02. The lowest BCUT2D eigenvalue weighted by atomic mass is 10.2. The number of nitrogens with one attached hydrogen (secondary N) is 2. The summed E-state index contributed by atoms with van der Waals surface area (Å²) in [4.78, 5) is 14.0. The van der Waals surface area contributed by atoms with Crippen molar-refractivity contribution < 1.29 is 9.64 Å². The van der Waals surface area contributed by atoms with Crippen molar-refractivity contribution in [2.75, 3.05) is 31.6 Å². The molecule has 0 amide bonds. The van der Waals surface area contributed by atoms with E-state index in [0.29, 0.717) is 0 Å². The molecule has 3 heterocycles. The second-order valence-corrected chi connectivity index (χ2v) is 8.72. The van der Waals surface area contributed by atoms with E-state index in [1.807, 2.05) is 35.6 Å². The number of hydrogen-bond donors (Lipinski definition) is 2. The van der Waals surface area contributed by atoms with Gasteiger partial charge < -0.3 is 15.0 Å². The van der Waals surface area contributed by atoms with E-state index in [0.717, 1.165) is 72.9 Å². The van der Waals surface area contributed by atoms with Gasteiger partial charge in [0.1, 0.15) is 30.3 Å². The molecule has 2 N–H and O–H groups in total. The smallest absolute Gasteiger partial charge is 0.187 e. The van der Waals surface area contributed by atoms with Gasteiger partial charge in [-0.3, -0.25) is 0 Å². The average molecular weight is 402 g/mol. The summed E-state index contributed by atoms with van der Waals surface area (Å²) in [5, 5.41) is 5.44. The fourth-order valence-electron chi connectivity index (χ4n) is 3.97. The van der Waals surface area contributed by atoms with Crippen LogP contribution in [-0.2, 0) is 24.1 Å². The number of rotatable bonds is 4. The minimum atomic E-state index is 0.721. The average Bonchev–Trinajstić information content (AvgIpc) is 3.23. The molecule has 1 aromatic carbocycles. The molecule has 0 radical (unpaired) electrons. The van der Waals surface area contributed by atoms with Gasteiger partial charge >= 0.3 is 0 Å². The SMILES string of the molecule is Clc1cccc(Nc2nc(C[NH+]3CCOCC3)nc3sc4c(c23)CCC4)c1. The maximum atomic E-state index is 6.18. The first-order chi connectivity index (χ1) is 13.3. The highest BCUT2D eigenvalue weighted by Crippen LogP contribution is 2.40. The topological polar surface area (TPSA) is 51.5 Å². The van der Waals surface area contributed by atoms with E-state index in [-0.39, 0.29) is 0 Å². The Kier molecular flexibility index (Phi) is 4.73. The van der Waals surface area contributed by atoms with Gasteiger partial charge in [-0.1, -0.05) is 17.7 Å². The first kappa shape index (κ1) is 17.4.